The molecule has 0 bridgehead atoms. The molecule has 0 saturated heterocycles. The average Bonchev–Trinajstić information content (AvgIpc) is 3.31. The standard InChI is InChI=1S/C60H114O6/c1-4-7-10-13-16-18-20-22-23-24-25-26-27-28-29-30-31-32-33-34-35-36-37-39-40-42-44-47-50-53-59(62)65-56-57(55-64-58(61)52-49-46-15-12-9-6-3)66-60(63)54-51-48-45-43-41-38-21-19-17-14-11-8-5-2/h19,21,57H,4-18,20,22-56H2,1-3H3/b21-19-. The van der Waals surface area contributed by atoms with Gasteiger partial charge in [-0.1, -0.05) is 283 Å². The van der Waals surface area contributed by atoms with Crippen molar-refractivity contribution in [2.24, 2.45) is 0 Å². The van der Waals surface area contributed by atoms with Crippen molar-refractivity contribution in [1.29, 1.82) is 0 Å². The first-order valence-electron chi connectivity index (χ1n) is 29.7. The average molecular weight is 932 g/mol. The van der Waals surface area contributed by atoms with E-state index in [1.54, 1.807) is 0 Å². The van der Waals surface area contributed by atoms with Gasteiger partial charge >= 0.3 is 17.9 Å². The van der Waals surface area contributed by atoms with Gasteiger partial charge in [0.2, 0.25) is 0 Å². The predicted molar refractivity (Wildman–Crippen MR) is 284 cm³/mol. The zero-order valence-corrected chi connectivity index (χ0v) is 44.7. The molecule has 0 spiro atoms. The van der Waals surface area contributed by atoms with Crippen LogP contribution in [0.3, 0.4) is 0 Å². The molecule has 6 nitrogen and oxygen atoms in total. The summed E-state index contributed by atoms with van der Waals surface area (Å²) in [5, 5.41) is 0. The Hall–Kier alpha value is -1.85. The first-order chi connectivity index (χ1) is 32.5. The maximum atomic E-state index is 12.7. The second kappa shape index (κ2) is 55.7. The summed E-state index contributed by atoms with van der Waals surface area (Å²) in [6.45, 7) is 6.60. The normalized spacial score (nSPS) is 12.0. The summed E-state index contributed by atoms with van der Waals surface area (Å²) >= 11 is 0. The number of rotatable bonds is 55. The first kappa shape index (κ1) is 64.2. The van der Waals surface area contributed by atoms with E-state index in [9.17, 15) is 14.4 Å². The lowest BCUT2D eigenvalue weighted by atomic mass is 10.0. The van der Waals surface area contributed by atoms with Crippen molar-refractivity contribution in [3.63, 3.8) is 0 Å². The highest BCUT2D eigenvalue weighted by Gasteiger charge is 2.19. The van der Waals surface area contributed by atoms with Gasteiger partial charge in [-0.15, -0.1) is 0 Å². The molecule has 0 heterocycles. The smallest absolute Gasteiger partial charge is 0.306 e. The van der Waals surface area contributed by atoms with Gasteiger partial charge in [0.05, 0.1) is 0 Å². The monoisotopic (exact) mass is 931 g/mol. The Kier molecular flexibility index (Phi) is 54.2. The highest BCUT2D eigenvalue weighted by Crippen LogP contribution is 2.18. The predicted octanol–water partition coefficient (Wildman–Crippen LogP) is 19.7. The molecule has 0 N–H and O–H groups in total. The van der Waals surface area contributed by atoms with Gasteiger partial charge < -0.3 is 14.2 Å². The van der Waals surface area contributed by atoms with Crippen LogP contribution in [0.4, 0.5) is 0 Å². The van der Waals surface area contributed by atoms with Crippen LogP contribution in [-0.2, 0) is 28.6 Å². The van der Waals surface area contributed by atoms with Gasteiger partial charge in [-0.25, -0.2) is 0 Å². The summed E-state index contributed by atoms with van der Waals surface area (Å²) in [6.07, 6.45) is 64.1. The molecule has 66 heavy (non-hydrogen) atoms. The maximum absolute atomic E-state index is 12.7. The van der Waals surface area contributed by atoms with Crippen LogP contribution in [-0.4, -0.2) is 37.2 Å². The number of unbranched alkanes of at least 4 members (excludes halogenated alkanes) is 42. The van der Waals surface area contributed by atoms with Crippen LogP contribution >= 0.6 is 0 Å². The molecule has 390 valence electrons. The van der Waals surface area contributed by atoms with Crippen LogP contribution in [0.5, 0.6) is 0 Å². The van der Waals surface area contributed by atoms with Gasteiger partial charge in [0.25, 0.3) is 0 Å². The minimum Gasteiger partial charge on any atom is -0.462 e. The molecule has 0 amide bonds. The van der Waals surface area contributed by atoms with E-state index in [0.29, 0.717) is 19.3 Å². The molecule has 0 aliphatic heterocycles. The van der Waals surface area contributed by atoms with Crippen molar-refractivity contribution >= 4 is 17.9 Å². The highest BCUT2D eigenvalue weighted by atomic mass is 16.6. The van der Waals surface area contributed by atoms with E-state index in [4.69, 9.17) is 14.2 Å². The van der Waals surface area contributed by atoms with Gasteiger partial charge in [0.15, 0.2) is 6.10 Å². The molecule has 0 aromatic heterocycles. The van der Waals surface area contributed by atoms with E-state index in [1.165, 1.54) is 231 Å². The third-order valence-electron chi connectivity index (χ3n) is 13.5. The largest absolute Gasteiger partial charge is 0.462 e. The fourth-order valence-corrected chi connectivity index (χ4v) is 9.03. The summed E-state index contributed by atoms with van der Waals surface area (Å²) in [5.41, 5.74) is 0. The summed E-state index contributed by atoms with van der Waals surface area (Å²) < 4.78 is 16.7. The third kappa shape index (κ3) is 53.1. The summed E-state index contributed by atoms with van der Waals surface area (Å²) in [4.78, 5) is 37.8. The van der Waals surface area contributed by atoms with Gasteiger partial charge in [0, 0.05) is 19.3 Å². The van der Waals surface area contributed by atoms with E-state index in [0.717, 1.165) is 64.2 Å². The molecular weight excluding hydrogens is 817 g/mol. The minimum absolute atomic E-state index is 0.0689. The summed E-state index contributed by atoms with van der Waals surface area (Å²) in [5.74, 6) is -0.869. The van der Waals surface area contributed by atoms with Gasteiger partial charge in [-0.05, 0) is 44.9 Å². The molecule has 0 aliphatic carbocycles. The molecule has 0 aliphatic rings. The molecule has 1 atom stereocenters. The number of hydrogen-bond donors (Lipinski definition) is 0. The van der Waals surface area contributed by atoms with Crippen LogP contribution in [0.2, 0.25) is 0 Å². The Balaban J connectivity index is 3.93. The lowest BCUT2D eigenvalue weighted by Gasteiger charge is -2.18. The summed E-state index contributed by atoms with van der Waals surface area (Å²) in [7, 11) is 0. The zero-order chi connectivity index (χ0) is 47.9. The van der Waals surface area contributed by atoms with Crippen molar-refractivity contribution in [3.8, 4) is 0 Å². The van der Waals surface area contributed by atoms with Crippen LogP contribution in [0.1, 0.15) is 335 Å². The lowest BCUT2D eigenvalue weighted by Crippen LogP contribution is -2.30. The van der Waals surface area contributed by atoms with Crippen molar-refractivity contribution < 1.29 is 28.6 Å². The second-order valence-corrected chi connectivity index (χ2v) is 20.3. The molecule has 0 rings (SSSR count). The molecule has 6 heteroatoms. The summed E-state index contributed by atoms with van der Waals surface area (Å²) in [6, 6.07) is 0. The molecule has 0 fully saturated rings. The van der Waals surface area contributed by atoms with Crippen LogP contribution in [0, 0.1) is 0 Å². The highest BCUT2D eigenvalue weighted by molar-refractivity contribution is 5.71. The van der Waals surface area contributed by atoms with Crippen LogP contribution in [0.15, 0.2) is 12.2 Å². The number of carbonyl (C=O) groups excluding carboxylic acids is 3. The van der Waals surface area contributed by atoms with Gasteiger partial charge in [-0.3, -0.25) is 14.4 Å². The maximum Gasteiger partial charge on any atom is 0.306 e. The molecule has 1 unspecified atom stereocenters. The van der Waals surface area contributed by atoms with Crippen LogP contribution < -0.4 is 0 Å². The van der Waals surface area contributed by atoms with Gasteiger partial charge in [0.1, 0.15) is 13.2 Å². The van der Waals surface area contributed by atoms with Crippen molar-refractivity contribution in [2.45, 2.75) is 341 Å². The first-order valence-corrected chi connectivity index (χ1v) is 29.7. The van der Waals surface area contributed by atoms with Crippen molar-refractivity contribution in [2.75, 3.05) is 13.2 Å². The van der Waals surface area contributed by atoms with Crippen molar-refractivity contribution in [3.05, 3.63) is 12.2 Å². The topological polar surface area (TPSA) is 78.9 Å². The number of esters is 3. The number of carbonyl (C=O) groups is 3. The second-order valence-electron chi connectivity index (χ2n) is 20.3. The van der Waals surface area contributed by atoms with E-state index in [-0.39, 0.29) is 31.1 Å². The fraction of sp³-hybridized carbons (Fsp3) is 0.917. The molecule has 0 aromatic carbocycles. The molecule has 0 saturated carbocycles. The third-order valence-corrected chi connectivity index (χ3v) is 13.5. The molecule has 0 aromatic rings. The number of hydrogen-bond acceptors (Lipinski definition) is 6. The van der Waals surface area contributed by atoms with E-state index < -0.39 is 6.10 Å². The van der Waals surface area contributed by atoms with E-state index in [2.05, 4.69) is 32.9 Å². The Morgan fingerprint density at radius 2 is 0.500 bits per heavy atom. The SMILES string of the molecule is CCCCCC/C=C\CCCCCCCC(=O)OC(COC(=O)CCCCCCCC)COC(=O)CCCCCCCCCCCCCCCCCCCCCCCCCCCCCCC. The number of ether oxygens (including phenoxy) is 3. The Morgan fingerprint density at radius 1 is 0.288 bits per heavy atom. The fourth-order valence-electron chi connectivity index (χ4n) is 9.03. The lowest BCUT2D eigenvalue weighted by molar-refractivity contribution is -0.167. The minimum atomic E-state index is -0.766. The van der Waals surface area contributed by atoms with Gasteiger partial charge in [-0.2, -0.15) is 0 Å². The number of allylic oxidation sites excluding steroid dienone is 2. The quantitative estimate of drug-likeness (QED) is 0.0262. The van der Waals surface area contributed by atoms with Crippen molar-refractivity contribution in [1.82, 2.24) is 0 Å². The Morgan fingerprint density at radius 3 is 0.773 bits per heavy atom. The zero-order valence-electron chi connectivity index (χ0n) is 44.7. The Labute approximate surface area is 411 Å². The molecular formula is C60H114O6. The van der Waals surface area contributed by atoms with Crippen LogP contribution in [0.25, 0.3) is 0 Å². The van der Waals surface area contributed by atoms with E-state index >= 15 is 0 Å². The Bertz CT molecular complexity index is 1020. The molecule has 0 radical (unpaired) electrons. The van der Waals surface area contributed by atoms with E-state index in [1.807, 2.05) is 0 Å².